The molecule has 0 spiro atoms. The van der Waals surface area contributed by atoms with Gasteiger partial charge >= 0.3 is 0 Å². The van der Waals surface area contributed by atoms with E-state index in [2.05, 4.69) is 94.0 Å². The predicted octanol–water partition coefficient (Wildman–Crippen LogP) is 5.87. The van der Waals surface area contributed by atoms with E-state index in [1.165, 1.54) is 44.7 Å². The lowest BCUT2D eigenvalue weighted by molar-refractivity contribution is 0.596. The zero-order valence-corrected chi connectivity index (χ0v) is 17.5. The number of halogens is 1. The van der Waals surface area contributed by atoms with Crippen molar-refractivity contribution in [2.45, 2.75) is 26.3 Å². The van der Waals surface area contributed by atoms with Crippen LogP contribution in [0.15, 0.2) is 59.1 Å². The number of fused-ring (bicyclic) bond motifs is 10. The van der Waals surface area contributed by atoms with Crippen molar-refractivity contribution in [1.29, 1.82) is 0 Å². The monoisotopic (exact) mass is 429 g/mol. The molecular formula is C24H20BrN3. The molecule has 2 aliphatic heterocycles. The van der Waals surface area contributed by atoms with Gasteiger partial charge in [-0.15, -0.1) is 0 Å². The molecule has 1 aromatic heterocycles. The minimum absolute atomic E-state index is 0.184. The summed E-state index contributed by atoms with van der Waals surface area (Å²) in [6, 6.07) is 20.1. The van der Waals surface area contributed by atoms with Gasteiger partial charge in [0.1, 0.15) is 0 Å². The van der Waals surface area contributed by atoms with Gasteiger partial charge in [0.2, 0.25) is 0 Å². The van der Waals surface area contributed by atoms with E-state index in [0.29, 0.717) is 0 Å². The topological polar surface area (TPSA) is 21.1 Å². The second-order valence-electron chi connectivity index (χ2n) is 7.93. The maximum atomic E-state index is 5.03. The highest BCUT2D eigenvalue weighted by Crippen LogP contribution is 2.48. The van der Waals surface area contributed by atoms with E-state index in [4.69, 9.17) is 5.10 Å². The summed E-state index contributed by atoms with van der Waals surface area (Å²) in [7, 11) is 0. The van der Waals surface area contributed by atoms with E-state index in [1.54, 1.807) is 0 Å². The summed E-state index contributed by atoms with van der Waals surface area (Å²) in [5, 5.41) is 6.27. The summed E-state index contributed by atoms with van der Waals surface area (Å²) >= 11 is 3.70. The Kier molecular flexibility index (Phi) is 3.34. The van der Waals surface area contributed by atoms with Gasteiger partial charge in [-0.3, -0.25) is 0 Å². The fraction of sp³-hybridized carbons (Fsp3) is 0.208. The smallest absolute Gasteiger partial charge is 0.0978 e. The van der Waals surface area contributed by atoms with Crippen molar-refractivity contribution in [3.63, 3.8) is 0 Å². The Hall–Kier alpha value is -2.59. The summed E-state index contributed by atoms with van der Waals surface area (Å²) < 4.78 is 3.33. The molecule has 28 heavy (non-hydrogen) atoms. The first-order valence-corrected chi connectivity index (χ1v) is 10.6. The summed E-state index contributed by atoms with van der Waals surface area (Å²) in [6.45, 7) is 5.41. The van der Waals surface area contributed by atoms with E-state index in [0.717, 1.165) is 23.0 Å². The van der Waals surface area contributed by atoms with Gasteiger partial charge in [-0.25, -0.2) is 4.68 Å². The highest BCUT2D eigenvalue weighted by molar-refractivity contribution is 9.10. The van der Waals surface area contributed by atoms with Gasteiger partial charge in [-0.05, 0) is 72.9 Å². The molecule has 0 fully saturated rings. The van der Waals surface area contributed by atoms with Crippen LogP contribution in [0.5, 0.6) is 0 Å². The second kappa shape index (κ2) is 5.71. The normalized spacial score (nSPS) is 17.1. The van der Waals surface area contributed by atoms with Crippen molar-refractivity contribution in [3.8, 4) is 5.69 Å². The lowest BCUT2D eigenvalue weighted by atomic mass is 9.87. The van der Waals surface area contributed by atoms with Crippen molar-refractivity contribution in [2.24, 2.45) is 0 Å². The van der Waals surface area contributed by atoms with Crippen LogP contribution in [0.4, 0.5) is 5.69 Å². The molecule has 0 N–H and O–H groups in total. The lowest BCUT2D eigenvalue weighted by Crippen LogP contribution is -2.40. The van der Waals surface area contributed by atoms with Crippen LogP contribution in [0.2, 0.25) is 0 Å². The number of rotatable bonds is 0. The van der Waals surface area contributed by atoms with Crippen molar-refractivity contribution in [2.75, 3.05) is 11.4 Å². The molecule has 0 saturated heterocycles. The number of aryl methyl sites for hydroxylation is 2. The van der Waals surface area contributed by atoms with Crippen molar-refractivity contribution in [1.82, 2.24) is 9.78 Å². The molecule has 138 valence electrons. The lowest BCUT2D eigenvalue weighted by Gasteiger charge is -2.43. The average molecular weight is 430 g/mol. The van der Waals surface area contributed by atoms with E-state index >= 15 is 0 Å². The number of hydrogen-bond donors (Lipinski definition) is 0. The molecule has 4 aromatic rings. The van der Waals surface area contributed by atoms with Crippen molar-refractivity contribution < 1.29 is 0 Å². The Bertz CT molecular complexity index is 1270. The van der Waals surface area contributed by atoms with Gasteiger partial charge in [-0.1, -0.05) is 40.2 Å². The van der Waals surface area contributed by atoms with Crippen LogP contribution in [0, 0.1) is 13.8 Å². The van der Waals surface area contributed by atoms with Crippen LogP contribution in [0.3, 0.4) is 0 Å². The summed E-state index contributed by atoms with van der Waals surface area (Å²) in [6.07, 6.45) is 1.07. The summed E-state index contributed by atoms with van der Waals surface area (Å²) in [5.74, 6) is 0. The Morgan fingerprint density at radius 3 is 2.61 bits per heavy atom. The Labute approximate surface area is 172 Å². The summed E-state index contributed by atoms with van der Waals surface area (Å²) in [5.41, 5.74) is 10.3. The first-order valence-electron chi connectivity index (χ1n) is 9.76. The first-order chi connectivity index (χ1) is 13.6. The Morgan fingerprint density at radius 2 is 1.75 bits per heavy atom. The van der Waals surface area contributed by atoms with Crippen molar-refractivity contribution >= 4 is 32.5 Å². The molecule has 0 unspecified atom stereocenters. The third-order valence-electron chi connectivity index (χ3n) is 6.34. The van der Waals surface area contributed by atoms with Gasteiger partial charge in [-0.2, -0.15) is 5.10 Å². The molecule has 6 rings (SSSR count). The van der Waals surface area contributed by atoms with E-state index in [9.17, 15) is 0 Å². The molecule has 0 saturated carbocycles. The number of nitrogens with zero attached hydrogens (tertiary/aromatic N) is 3. The van der Waals surface area contributed by atoms with Crippen molar-refractivity contribution in [3.05, 3.63) is 87.0 Å². The number of benzene rings is 3. The van der Waals surface area contributed by atoms with Gasteiger partial charge in [0.15, 0.2) is 0 Å². The van der Waals surface area contributed by atoms with Crippen LogP contribution in [-0.4, -0.2) is 16.3 Å². The van der Waals surface area contributed by atoms with Gasteiger partial charge < -0.3 is 4.90 Å². The van der Waals surface area contributed by atoms with Crippen LogP contribution in [-0.2, 0) is 6.42 Å². The molecule has 3 aromatic carbocycles. The summed E-state index contributed by atoms with van der Waals surface area (Å²) in [4.78, 5) is 2.58. The van der Waals surface area contributed by atoms with Gasteiger partial charge in [0.05, 0.1) is 28.6 Å². The third-order valence-corrected chi connectivity index (χ3v) is 6.83. The standard InChI is InChI=1S/C24H20BrN3/c1-14-11-21-22(12-15(14)2)28-24(18-5-3-4-6-20(18)26-28)23-19-13-17(25)8-7-16(19)9-10-27(21)23/h3-8,11-13,23H,9-10H2,1-2H3/t23-/m0/s1. The number of aromatic nitrogens is 2. The highest BCUT2D eigenvalue weighted by Gasteiger charge is 2.38. The largest absolute Gasteiger partial charge is 0.357 e. The fourth-order valence-corrected chi connectivity index (χ4v) is 5.20. The molecule has 0 bridgehead atoms. The molecule has 0 amide bonds. The zero-order valence-electron chi connectivity index (χ0n) is 15.9. The number of hydrogen-bond acceptors (Lipinski definition) is 2. The minimum atomic E-state index is 0.184. The molecule has 3 heterocycles. The molecule has 3 nitrogen and oxygen atoms in total. The Balaban J connectivity index is 1.74. The SMILES string of the molecule is Cc1cc2c(cc1C)-n1nc3ccccc3c1[C@@H]1c3cc(Br)ccc3CCN21. The first kappa shape index (κ1) is 16.4. The van der Waals surface area contributed by atoms with E-state index < -0.39 is 0 Å². The molecular weight excluding hydrogens is 410 g/mol. The van der Waals surface area contributed by atoms with E-state index in [1.807, 2.05) is 0 Å². The zero-order chi connectivity index (χ0) is 19.0. The van der Waals surface area contributed by atoms with E-state index in [-0.39, 0.29) is 6.04 Å². The van der Waals surface area contributed by atoms with Crippen LogP contribution >= 0.6 is 15.9 Å². The van der Waals surface area contributed by atoms with Crippen LogP contribution in [0.1, 0.15) is 34.0 Å². The van der Waals surface area contributed by atoms with Crippen LogP contribution < -0.4 is 4.90 Å². The molecule has 4 heteroatoms. The molecule has 1 atom stereocenters. The molecule has 0 aliphatic carbocycles. The molecule has 0 radical (unpaired) electrons. The van der Waals surface area contributed by atoms with Gasteiger partial charge in [0, 0.05) is 16.4 Å². The quantitative estimate of drug-likeness (QED) is 0.348. The minimum Gasteiger partial charge on any atom is -0.357 e. The van der Waals surface area contributed by atoms with Gasteiger partial charge in [0.25, 0.3) is 0 Å². The predicted molar refractivity (Wildman–Crippen MR) is 118 cm³/mol. The average Bonchev–Trinajstić information content (AvgIpc) is 3.08. The maximum Gasteiger partial charge on any atom is 0.0978 e. The second-order valence-corrected chi connectivity index (χ2v) is 8.84. The third kappa shape index (κ3) is 2.12. The maximum absolute atomic E-state index is 5.03. The molecule has 2 aliphatic rings. The Morgan fingerprint density at radius 1 is 0.964 bits per heavy atom. The highest BCUT2D eigenvalue weighted by atomic mass is 79.9. The fourth-order valence-electron chi connectivity index (χ4n) is 4.83. The van der Waals surface area contributed by atoms with Crippen LogP contribution in [0.25, 0.3) is 16.6 Å². The number of anilines is 1.